The Kier molecular flexibility index (Phi) is 4.51. The molecule has 1 rings (SSSR count). The Morgan fingerprint density at radius 3 is 2.81 bits per heavy atom. The molecule has 1 amide bonds. The molecule has 84 valence electrons. The van der Waals surface area contributed by atoms with E-state index in [1.54, 1.807) is 12.1 Å². The number of halogens is 1. The molecule has 0 aliphatic rings. The first-order chi connectivity index (χ1) is 7.58. The Bertz CT molecular complexity index is 437. The number of carbonyl (C=O) groups excluding carboxylic acids is 1. The second-order valence-corrected chi connectivity index (χ2v) is 4.38. The molecule has 0 heterocycles. The first-order valence-corrected chi connectivity index (χ1v) is 5.84. The Balaban J connectivity index is 2.81. The zero-order valence-corrected chi connectivity index (χ0v) is 10.8. The molecule has 1 N–H and O–H groups in total. The van der Waals surface area contributed by atoms with Crippen molar-refractivity contribution >= 4 is 21.8 Å². The molecule has 1 aromatic rings. The summed E-state index contributed by atoms with van der Waals surface area (Å²) in [7, 11) is 0. The highest BCUT2D eigenvalue weighted by Crippen LogP contribution is 2.17. The van der Waals surface area contributed by atoms with E-state index in [2.05, 4.69) is 21.2 Å². The van der Waals surface area contributed by atoms with Crippen LogP contribution in [0.1, 0.15) is 29.3 Å². The van der Waals surface area contributed by atoms with Crippen LogP contribution in [0.25, 0.3) is 0 Å². The molecule has 16 heavy (non-hydrogen) atoms. The highest BCUT2D eigenvalue weighted by atomic mass is 79.9. The van der Waals surface area contributed by atoms with Gasteiger partial charge in [0, 0.05) is 10.0 Å². The molecular formula is C12H13BrN2O. The SMILES string of the molecule is CCC(C#N)NC(=O)c1ccc(C)c(Br)c1. The van der Waals surface area contributed by atoms with E-state index in [-0.39, 0.29) is 5.91 Å². The Morgan fingerprint density at radius 1 is 1.62 bits per heavy atom. The van der Waals surface area contributed by atoms with Crippen LogP contribution in [0.15, 0.2) is 22.7 Å². The largest absolute Gasteiger partial charge is 0.336 e. The molecule has 0 aliphatic heterocycles. The highest BCUT2D eigenvalue weighted by molar-refractivity contribution is 9.10. The maximum absolute atomic E-state index is 11.8. The molecule has 0 saturated carbocycles. The molecule has 0 aromatic heterocycles. The average Bonchev–Trinajstić information content (AvgIpc) is 2.29. The van der Waals surface area contributed by atoms with Crippen LogP contribution >= 0.6 is 15.9 Å². The van der Waals surface area contributed by atoms with Gasteiger partial charge in [-0.2, -0.15) is 5.26 Å². The van der Waals surface area contributed by atoms with Gasteiger partial charge in [-0.3, -0.25) is 4.79 Å². The topological polar surface area (TPSA) is 52.9 Å². The normalized spacial score (nSPS) is 11.6. The summed E-state index contributed by atoms with van der Waals surface area (Å²) < 4.78 is 0.894. The number of amides is 1. The van der Waals surface area contributed by atoms with Crippen molar-refractivity contribution in [3.63, 3.8) is 0 Å². The Hall–Kier alpha value is -1.34. The van der Waals surface area contributed by atoms with Gasteiger partial charge in [0.25, 0.3) is 5.91 Å². The van der Waals surface area contributed by atoms with E-state index in [0.717, 1.165) is 10.0 Å². The van der Waals surface area contributed by atoms with Crippen LogP contribution in [0.2, 0.25) is 0 Å². The van der Waals surface area contributed by atoms with Gasteiger partial charge < -0.3 is 5.32 Å². The number of aryl methyl sites for hydroxylation is 1. The third-order valence-electron chi connectivity index (χ3n) is 2.30. The molecule has 1 aromatic carbocycles. The van der Waals surface area contributed by atoms with Crippen molar-refractivity contribution in [3.8, 4) is 6.07 Å². The minimum atomic E-state index is -0.424. The number of rotatable bonds is 3. The van der Waals surface area contributed by atoms with E-state index < -0.39 is 6.04 Å². The minimum Gasteiger partial charge on any atom is -0.336 e. The van der Waals surface area contributed by atoms with Gasteiger partial charge in [0.05, 0.1) is 6.07 Å². The van der Waals surface area contributed by atoms with Crippen molar-refractivity contribution in [2.45, 2.75) is 26.3 Å². The lowest BCUT2D eigenvalue weighted by Gasteiger charge is -2.09. The lowest BCUT2D eigenvalue weighted by Crippen LogP contribution is -2.33. The van der Waals surface area contributed by atoms with E-state index in [0.29, 0.717) is 12.0 Å². The molecule has 1 atom stereocenters. The number of nitrogens with zero attached hydrogens (tertiary/aromatic N) is 1. The van der Waals surface area contributed by atoms with Crippen LogP contribution in [0.4, 0.5) is 0 Å². The van der Waals surface area contributed by atoms with Crippen molar-refractivity contribution in [3.05, 3.63) is 33.8 Å². The molecule has 0 saturated heterocycles. The predicted molar refractivity (Wildman–Crippen MR) is 66.0 cm³/mol. The molecule has 0 aliphatic carbocycles. The fourth-order valence-electron chi connectivity index (χ4n) is 1.20. The number of nitriles is 1. The van der Waals surface area contributed by atoms with E-state index in [9.17, 15) is 4.79 Å². The monoisotopic (exact) mass is 280 g/mol. The summed E-state index contributed by atoms with van der Waals surface area (Å²) in [4.78, 5) is 11.8. The van der Waals surface area contributed by atoms with Gasteiger partial charge in [0.15, 0.2) is 0 Å². The quantitative estimate of drug-likeness (QED) is 0.926. The lowest BCUT2D eigenvalue weighted by molar-refractivity contribution is 0.0944. The maximum atomic E-state index is 11.8. The van der Waals surface area contributed by atoms with E-state index >= 15 is 0 Å². The maximum Gasteiger partial charge on any atom is 0.252 e. The van der Waals surface area contributed by atoms with Crippen LogP contribution in [-0.4, -0.2) is 11.9 Å². The first kappa shape index (κ1) is 12.7. The van der Waals surface area contributed by atoms with Crippen LogP contribution in [0.3, 0.4) is 0 Å². The predicted octanol–water partition coefficient (Wildman–Crippen LogP) is 2.79. The van der Waals surface area contributed by atoms with Crippen LogP contribution < -0.4 is 5.32 Å². The summed E-state index contributed by atoms with van der Waals surface area (Å²) >= 11 is 3.37. The van der Waals surface area contributed by atoms with Crippen molar-refractivity contribution < 1.29 is 4.79 Å². The molecule has 0 radical (unpaired) electrons. The zero-order chi connectivity index (χ0) is 12.1. The average molecular weight is 281 g/mol. The lowest BCUT2D eigenvalue weighted by atomic mass is 10.1. The van der Waals surface area contributed by atoms with Crippen LogP contribution in [0, 0.1) is 18.3 Å². The van der Waals surface area contributed by atoms with E-state index in [1.807, 2.05) is 26.0 Å². The zero-order valence-electron chi connectivity index (χ0n) is 9.25. The van der Waals surface area contributed by atoms with Gasteiger partial charge >= 0.3 is 0 Å². The van der Waals surface area contributed by atoms with Crippen molar-refractivity contribution in [1.82, 2.24) is 5.32 Å². The molecule has 1 unspecified atom stereocenters. The van der Waals surface area contributed by atoms with Crippen LogP contribution in [-0.2, 0) is 0 Å². The number of hydrogen-bond donors (Lipinski definition) is 1. The Labute approximate surface area is 104 Å². The highest BCUT2D eigenvalue weighted by Gasteiger charge is 2.11. The smallest absolute Gasteiger partial charge is 0.252 e. The number of hydrogen-bond acceptors (Lipinski definition) is 2. The van der Waals surface area contributed by atoms with Gasteiger partial charge in [-0.05, 0) is 31.0 Å². The third-order valence-corrected chi connectivity index (χ3v) is 3.16. The molecule has 0 fully saturated rings. The second-order valence-electron chi connectivity index (χ2n) is 3.53. The van der Waals surface area contributed by atoms with E-state index in [4.69, 9.17) is 5.26 Å². The summed E-state index contributed by atoms with van der Waals surface area (Å²) in [6.07, 6.45) is 0.606. The van der Waals surface area contributed by atoms with Gasteiger partial charge in [0.1, 0.15) is 6.04 Å². The standard InChI is InChI=1S/C12H13BrN2O/c1-3-10(7-14)15-12(16)9-5-4-8(2)11(13)6-9/h4-6,10H,3H2,1-2H3,(H,15,16). The molecule has 3 nitrogen and oxygen atoms in total. The van der Waals surface area contributed by atoms with Crippen LogP contribution in [0.5, 0.6) is 0 Å². The van der Waals surface area contributed by atoms with Crippen molar-refractivity contribution in [2.75, 3.05) is 0 Å². The fraction of sp³-hybridized carbons (Fsp3) is 0.333. The summed E-state index contributed by atoms with van der Waals surface area (Å²) in [5.74, 6) is -0.214. The first-order valence-electron chi connectivity index (χ1n) is 5.05. The van der Waals surface area contributed by atoms with Gasteiger partial charge in [-0.1, -0.05) is 28.9 Å². The van der Waals surface area contributed by atoms with E-state index in [1.165, 1.54) is 0 Å². The summed E-state index contributed by atoms with van der Waals surface area (Å²) in [5.41, 5.74) is 1.63. The third kappa shape index (κ3) is 3.07. The van der Waals surface area contributed by atoms with Crippen molar-refractivity contribution in [2.24, 2.45) is 0 Å². The minimum absolute atomic E-state index is 0.214. The molecule has 4 heteroatoms. The van der Waals surface area contributed by atoms with Gasteiger partial charge in [-0.25, -0.2) is 0 Å². The Morgan fingerprint density at radius 2 is 2.31 bits per heavy atom. The number of nitrogens with one attached hydrogen (secondary N) is 1. The summed E-state index contributed by atoms with van der Waals surface area (Å²) in [6.45, 7) is 3.81. The molecule has 0 bridgehead atoms. The molecular weight excluding hydrogens is 268 g/mol. The second kappa shape index (κ2) is 5.66. The fourth-order valence-corrected chi connectivity index (χ4v) is 1.58. The van der Waals surface area contributed by atoms with Gasteiger partial charge in [-0.15, -0.1) is 0 Å². The van der Waals surface area contributed by atoms with Crippen molar-refractivity contribution in [1.29, 1.82) is 5.26 Å². The number of carbonyl (C=O) groups is 1. The molecule has 0 spiro atoms. The number of benzene rings is 1. The summed E-state index contributed by atoms with van der Waals surface area (Å²) in [5, 5.41) is 11.4. The summed E-state index contributed by atoms with van der Waals surface area (Å²) in [6, 6.07) is 6.99. The van der Waals surface area contributed by atoms with Gasteiger partial charge in [0.2, 0.25) is 0 Å².